The van der Waals surface area contributed by atoms with Gasteiger partial charge in [0.1, 0.15) is 0 Å². The highest BCUT2D eigenvalue weighted by Crippen LogP contribution is 2.46. The smallest absolute Gasteiger partial charge is 0.235 e. The van der Waals surface area contributed by atoms with Crippen molar-refractivity contribution < 1.29 is 0 Å². The van der Waals surface area contributed by atoms with E-state index in [1.54, 1.807) is 0 Å². The molecule has 0 spiro atoms. The molecular formula is C52H30N4. The summed E-state index contributed by atoms with van der Waals surface area (Å²) in [7, 11) is 0. The van der Waals surface area contributed by atoms with Gasteiger partial charge in [0.05, 0.1) is 38.8 Å². The topological polar surface area (TPSA) is 35.1 Å². The van der Waals surface area contributed by atoms with Crippen molar-refractivity contribution >= 4 is 92.3 Å². The molecule has 0 fully saturated rings. The fourth-order valence-electron chi connectivity index (χ4n) is 9.65. The van der Waals surface area contributed by atoms with Gasteiger partial charge >= 0.3 is 0 Å². The van der Waals surface area contributed by atoms with E-state index in [0.29, 0.717) is 5.95 Å². The first-order valence-electron chi connectivity index (χ1n) is 19.2. The van der Waals surface area contributed by atoms with Gasteiger partial charge in [-0.05, 0) is 63.7 Å². The van der Waals surface area contributed by atoms with Gasteiger partial charge in [-0.15, -0.1) is 0 Å². The normalized spacial score (nSPS) is 12.3. The summed E-state index contributed by atoms with van der Waals surface area (Å²) >= 11 is 0. The Hall–Kier alpha value is -7.56. The summed E-state index contributed by atoms with van der Waals surface area (Å²) < 4.78 is 4.84. The van der Waals surface area contributed by atoms with Crippen LogP contribution in [-0.2, 0) is 0 Å². The molecule has 0 N–H and O–H groups in total. The van der Waals surface area contributed by atoms with Gasteiger partial charge in [0, 0.05) is 48.7 Å². The molecule has 0 aliphatic rings. The number of hydrogen-bond donors (Lipinski definition) is 0. The summed E-state index contributed by atoms with van der Waals surface area (Å²) in [4.78, 5) is 11.2. The average molecular weight is 711 g/mol. The summed E-state index contributed by atoms with van der Waals surface area (Å²) in [5.74, 6) is 0.657. The summed E-state index contributed by atoms with van der Waals surface area (Å²) in [6, 6.07) is 65.8. The van der Waals surface area contributed by atoms with Crippen molar-refractivity contribution in [2.24, 2.45) is 0 Å². The Balaban J connectivity index is 1.25. The molecule has 0 unspecified atom stereocenters. The first-order valence-corrected chi connectivity index (χ1v) is 19.2. The summed E-state index contributed by atoms with van der Waals surface area (Å²) in [6.45, 7) is 0. The van der Waals surface area contributed by atoms with E-state index in [1.807, 2.05) is 0 Å². The van der Waals surface area contributed by atoms with Gasteiger partial charge in [-0.1, -0.05) is 146 Å². The van der Waals surface area contributed by atoms with Crippen LogP contribution in [0.4, 0.5) is 0 Å². The Morgan fingerprint density at radius 2 is 0.982 bits per heavy atom. The summed E-state index contributed by atoms with van der Waals surface area (Å²) in [5, 5.41) is 13.1. The van der Waals surface area contributed by atoms with E-state index in [2.05, 4.69) is 191 Å². The average Bonchev–Trinajstić information content (AvgIpc) is 3.76. The maximum Gasteiger partial charge on any atom is 0.235 e. The molecule has 0 radical (unpaired) electrons. The standard InChI is InChI=1S/C52H30N4/c1-2-13-31(14-3-1)33-17-10-18-35(29-33)48-41-28-27-32-15-4-6-19-36(32)49(41)54-52(53-48)56-45-26-12-25-44-47(45)46-42(30-34-16-5-7-20-37(34)51(46)56)40-23-11-22-39-38-21-8-9-24-43(38)55(44)50(39)40/h1-30H. The lowest BCUT2D eigenvalue weighted by Crippen LogP contribution is -2.04. The van der Waals surface area contributed by atoms with E-state index in [4.69, 9.17) is 9.97 Å². The Morgan fingerprint density at radius 3 is 1.88 bits per heavy atom. The maximum atomic E-state index is 5.63. The van der Waals surface area contributed by atoms with Gasteiger partial charge in [0.15, 0.2) is 0 Å². The third-order valence-electron chi connectivity index (χ3n) is 12.0. The number of benzene rings is 9. The van der Waals surface area contributed by atoms with Gasteiger partial charge in [-0.25, -0.2) is 9.97 Å². The van der Waals surface area contributed by atoms with Crippen molar-refractivity contribution in [1.82, 2.24) is 18.9 Å². The van der Waals surface area contributed by atoms with Crippen molar-refractivity contribution in [3.63, 3.8) is 0 Å². The van der Waals surface area contributed by atoms with Gasteiger partial charge in [0.25, 0.3) is 0 Å². The van der Waals surface area contributed by atoms with E-state index < -0.39 is 0 Å². The minimum atomic E-state index is 0.657. The minimum Gasteiger partial charge on any atom is -0.308 e. The molecule has 0 aliphatic heterocycles. The molecule has 0 atom stereocenters. The molecule has 13 rings (SSSR count). The molecule has 4 heteroatoms. The van der Waals surface area contributed by atoms with Crippen LogP contribution < -0.4 is 0 Å². The second-order valence-electron chi connectivity index (χ2n) is 14.9. The van der Waals surface area contributed by atoms with Crippen LogP contribution in [-0.4, -0.2) is 18.9 Å². The van der Waals surface area contributed by atoms with Crippen LogP contribution in [0.3, 0.4) is 0 Å². The zero-order valence-corrected chi connectivity index (χ0v) is 30.1. The zero-order chi connectivity index (χ0) is 36.5. The fourth-order valence-corrected chi connectivity index (χ4v) is 9.65. The third kappa shape index (κ3) is 3.92. The molecule has 0 saturated heterocycles. The second kappa shape index (κ2) is 11.0. The molecule has 0 bridgehead atoms. The summed E-state index contributed by atoms with van der Waals surface area (Å²) in [6.07, 6.45) is 0. The molecule has 4 nitrogen and oxygen atoms in total. The number of para-hydroxylation sites is 2. The molecule has 0 amide bonds. The van der Waals surface area contributed by atoms with Gasteiger partial charge in [-0.3, -0.25) is 4.57 Å². The monoisotopic (exact) mass is 710 g/mol. The third-order valence-corrected chi connectivity index (χ3v) is 12.0. The van der Waals surface area contributed by atoms with Crippen molar-refractivity contribution in [1.29, 1.82) is 0 Å². The number of fused-ring (bicyclic) bond motifs is 10. The Labute approximate surface area is 320 Å². The van der Waals surface area contributed by atoms with Crippen LogP contribution in [0.5, 0.6) is 0 Å². The number of aromatic nitrogens is 4. The van der Waals surface area contributed by atoms with Crippen molar-refractivity contribution in [3.8, 4) is 28.3 Å². The van der Waals surface area contributed by atoms with Gasteiger partial charge in [-0.2, -0.15) is 0 Å². The SMILES string of the molecule is c1ccc(-c2cccc(-c3nc(-n4c5cccc6c5c5c(cc7ccccc7c54)c4cccc5c7ccccc7n6c45)nc4c3ccc3ccccc34)c2)cc1. The molecule has 0 aliphatic carbocycles. The van der Waals surface area contributed by atoms with Crippen LogP contribution in [0.2, 0.25) is 0 Å². The number of rotatable bonds is 3. The van der Waals surface area contributed by atoms with Gasteiger partial charge < -0.3 is 4.40 Å². The van der Waals surface area contributed by atoms with Gasteiger partial charge in [0.2, 0.25) is 5.95 Å². The van der Waals surface area contributed by atoms with Crippen molar-refractivity contribution in [2.75, 3.05) is 0 Å². The highest BCUT2D eigenvalue weighted by Gasteiger charge is 2.25. The number of nitrogens with zero attached hydrogens (tertiary/aromatic N) is 4. The quantitative estimate of drug-likeness (QED) is 0.171. The highest BCUT2D eigenvalue weighted by atomic mass is 15.2. The molecule has 0 saturated carbocycles. The van der Waals surface area contributed by atoms with Crippen LogP contribution in [0.15, 0.2) is 182 Å². The fraction of sp³-hybridized carbons (Fsp3) is 0. The largest absolute Gasteiger partial charge is 0.308 e. The number of hydrogen-bond acceptors (Lipinski definition) is 2. The van der Waals surface area contributed by atoms with Crippen molar-refractivity contribution in [2.45, 2.75) is 0 Å². The van der Waals surface area contributed by atoms with Crippen LogP contribution >= 0.6 is 0 Å². The van der Waals surface area contributed by atoms with Crippen LogP contribution in [0, 0.1) is 0 Å². The first kappa shape index (κ1) is 29.8. The molecular weight excluding hydrogens is 681 g/mol. The van der Waals surface area contributed by atoms with E-state index in [0.717, 1.165) is 49.5 Å². The maximum absolute atomic E-state index is 5.63. The Bertz CT molecular complexity index is 3760. The lowest BCUT2D eigenvalue weighted by molar-refractivity contribution is 1.02. The van der Waals surface area contributed by atoms with E-state index in [9.17, 15) is 0 Å². The Morgan fingerprint density at radius 1 is 0.339 bits per heavy atom. The van der Waals surface area contributed by atoms with Crippen LogP contribution in [0.1, 0.15) is 0 Å². The first-order chi connectivity index (χ1) is 27.8. The molecule has 4 aromatic heterocycles. The van der Waals surface area contributed by atoms with E-state index in [1.165, 1.54) is 65.2 Å². The van der Waals surface area contributed by atoms with E-state index in [-0.39, 0.29) is 0 Å². The predicted octanol–water partition coefficient (Wildman–Crippen LogP) is 13.5. The Kier molecular flexibility index (Phi) is 5.86. The molecule has 9 aromatic carbocycles. The minimum absolute atomic E-state index is 0.657. The molecule has 258 valence electrons. The van der Waals surface area contributed by atoms with Crippen LogP contribution in [0.25, 0.3) is 121 Å². The lowest BCUT2D eigenvalue weighted by atomic mass is 9.98. The second-order valence-corrected chi connectivity index (χ2v) is 14.9. The van der Waals surface area contributed by atoms with E-state index >= 15 is 0 Å². The van der Waals surface area contributed by atoms with Crippen molar-refractivity contribution in [3.05, 3.63) is 182 Å². The predicted molar refractivity (Wildman–Crippen MR) is 234 cm³/mol. The molecule has 4 heterocycles. The molecule has 13 aromatic rings. The summed E-state index contributed by atoms with van der Waals surface area (Å²) in [5.41, 5.74) is 11.1. The zero-order valence-electron chi connectivity index (χ0n) is 30.1. The molecule has 56 heavy (non-hydrogen) atoms. The lowest BCUT2D eigenvalue weighted by Gasteiger charge is -2.15. The highest BCUT2D eigenvalue weighted by molar-refractivity contribution is 6.35.